The standard InChI is InChI=1S/C9H16O5/c1-2-13-9(12)14-7-5-3-4-6-8(10)11/h2-7H2,1H3,(H,10,11). The minimum atomic E-state index is -0.795. The lowest BCUT2D eigenvalue weighted by molar-refractivity contribution is -0.137. The Kier molecular flexibility index (Phi) is 7.59. The number of hydrogen-bond donors (Lipinski definition) is 1. The highest BCUT2D eigenvalue weighted by Gasteiger charge is 2.01. The summed E-state index contributed by atoms with van der Waals surface area (Å²) in [5.74, 6) is -0.795. The third kappa shape index (κ3) is 8.83. The highest BCUT2D eigenvalue weighted by Crippen LogP contribution is 2.00. The summed E-state index contributed by atoms with van der Waals surface area (Å²) in [7, 11) is 0. The lowest BCUT2D eigenvalue weighted by Crippen LogP contribution is -2.08. The maximum absolute atomic E-state index is 10.6. The number of carboxylic acids is 1. The predicted molar refractivity (Wildman–Crippen MR) is 49.1 cm³/mol. The average molecular weight is 204 g/mol. The van der Waals surface area contributed by atoms with E-state index in [1.165, 1.54) is 0 Å². The fraction of sp³-hybridized carbons (Fsp3) is 0.778. The number of carbonyl (C=O) groups is 2. The molecule has 0 atom stereocenters. The molecular weight excluding hydrogens is 188 g/mol. The van der Waals surface area contributed by atoms with Crippen LogP contribution in [0.3, 0.4) is 0 Å². The zero-order chi connectivity index (χ0) is 10.8. The Balaban J connectivity index is 3.13. The summed E-state index contributed by atoms with van der Waals surface area (Å²) in [5, 5.41) is 8.32. The fourth-order valence-electron chi connectivity index (χ4n) is 0.870. The van der Waals surface area contributed by atoms with Crippen LogP contribution in [0.1, 0.15) is 32.6 Å². The molecule has 0 aromatic carbocycles. The molecule has 0 aliphatic rings. The Morgan fingerprint density at radius 1 is 1.14 bits per heavy atom. The number of hydrogen-bond acceptors (Lipinski definition) is 4. The van der Waals surface area contributed by atoms with E-state index in [1.807, 2.05) is 0 Å². The minimum Gasteiger partial charge on any atom is -0.481 e. The van der Waals surface area contributed by atoms with Gasteiger partial charge >= 0.3 is 12.1 Å². The van der Waals surface area contributed by atoms with Crippen molar-refractivity contribution in [3.05, 3.63) is 0 Å². The van der Waals surface area contributed by atoms with Crippen molar-refractivity contribution in [3.8, 4) is 0 Å². The molecule has 0 aromatic heterocycles. The van der Waals surface area contributed by atoms with Crippen molar-refractivity contribution in [1.82, 2.24) is 0 Å². The SMILES string of the molecule is CCOC(=O)OCCCCCC(=O)O. The molecule has 5 heteroatoms. The summed E-state index contributed by atoms with van der Waals surface area (Å²) in [6.45, 7) is 2.30. The first-order chi connectivity index (χ1) is 6.66. The van der Waals surface area contributed by atoms with E-state index in [0.29, 0.717) is 26.1 Å². The van der Waals surface area contributed by atoms with Gasteiger partial charge in [-0.05, 0) is 26.2 Å². The highest BCUT2D eigenvalue weighted by molar-refractivity contribution is 5.66. The number of carbonyl (C=O) groups excluding carboxylic acids is 1. The van der Waals surface area contributed by atoms with Crippen molar-refractivity contribution in [2.45, 2.75) is 32.6 Å². The van der Waals surface area contributed by atoms with E-state index >= 15 is 0 Å². The van der Waals surface area contributed by atoms with Crippen LogP contribution < -0.4 is 0 Å². The van der Waals surface area contributed by atoms with E-state index in [2.05, 4.69) is 9.47 Å². The molecule has 0 fully saturated rings. The Bertz CT molecular complexity index is 178. The number of carboxylic acid groups (broad SMARTS) is 1. The summed E-state index contributed by atoms with van der Waals surface area (Å²) in [4.78, 5) is 20.8. The van der Waals surface area contributed by atoms with Gasteiger partial charge in [-0.25, -0.2) is 4.79 Å². The van der Waals surface area contributed by atoms with Crippen molar-refractivity contribution in [2.24, 2.45) is 0 Å². The second-order valence-corrected chi connectivity index (χ2v) is 2.74. The van der Waals surface area contributed by atoms with Crippen molar-refractivity contribution in [2.75, 3.05) is 13.2 Å². The smallest absolute Gasteiger partial charge is 0.481 e. The number of aliphatic carboxylic acids is 1. The molecule has 0 spiro atoms. The Hall–Kier alpha value is -1.26. The van der Waals surface area contributed by atoms with E-state index in [0.717, 1.165) is 6.42 Å². The van der Waals surface area contributed by atoms with Gasteiger partial charge in [0.15, 0.2) is 0 Å². The zero-order valence-electron chi connectivity index (χ0n) is 8.32. The van der Waals surface area contributed by atoms with Gasteiger partial charge in [-0.3, -0.25) is 4.79 Å². The van der Waals surface area contributed by atoms with Crippen LogP contribution in [0.2, 0.25) is 0 Å². The Morgan fingerprint density at radius 2 is 1.86 bits per heavy atom. The molecular formula is C9H16O5. The van der Waals surface area contributed by atoms with Crippen LogP contribution in [-0.2, 0) is 14.3 Å². The molecule has 14 heavy (non-hydrogen) atoms. The van der Waals surface area contributed by atoms with Gasteiger partial charge in [-0.15, -0.1) is 0 Å². The zero-order valence-corrected chi connectivity index (χ0v) is 8.32. The summed E-state index contributed by atoms with van der Waals surface area (Å²) in [6.07, 6.45) is 1.53. The van der Waals surface area contributed by atoms with Crippen LogP contribution in [0.4, 0.5) is 4.79 Å². The van der Waals surface area contributed by atoms with E-state index in [9.17, 15) is 9.59 Å². The average Bonchev–Trinajstić information content (AvgIpc) is 2.11. The Morgan fingerprint density at radius 3 is 2.43 bits per heavy atom. The van der Waals surface area contributed by atoms with E-state index in [4.69, 9.17) is 5.11 Å². The van der Waals surface area contributed by atoms with Crippen LogP contribution in [0, 0.1) is 0 Å². The van der Waals surface area contributed by atoms with Gasteiger partial charge in [0, 0.05) is 6.42 Å². The van der Waals surface area contributed by atoms with Gasteiger partial charge < -0.3 is 14.6 Å². The summed E-state index contributed by atoms with van der Waals surface area (Å²) in [6, 6.07) is 0. The van der Waals surface area contributed by atoms with Gasteiger partial charge in [-0.1, -0.05) is 0 Å². The van der Waals surface area contributed by atoms with Gasteiger partial charge in [0.1, 0.15) is 0 Å². The second kappa shape index (κ2) is 8.34. The second-order valence-electron chi connectivity index (χ2n) is 2.74. The number of ether oxygens (including phenoxy) is 2. The normalized spacial score (nSPS) is 9.50. The molecule has 0 saturated carbocycles. The monoisotopic (exact) mass is 204 g/mol. The summed E-state index contributed by atoms with van der Waals surface area (Å²) < 4.78 is 9.21. The van der Waals surface area contributed by atoms with Crippen LogP contribution >= 0.6 is 0 Å². The van der Waals surface area contributed by atoms with Gasteiger partial charge in [0.05, 0.1) is 13.2 Å². The quantitative estimate of drug-likeness (QED) is 0.505. The highest BCUT2D eigenvalue weighted by atomic mass is 16.7. The number of unbranched alkanes of at least 4 members (excludes halogenated alkanes) is 2. The van der Waals surface area contributed by atoms with Crippen LogP contribution in [-0.4, -0.2) is 30.4 Å². The minimum absolute atomic E-state index is 0.166. The molecule has 0 aliphatic heterocycles. The van der Waals surface area contributed by atoms with E-state index < -0.39 is 12.1 Å². The predicted octanol–water partition coefficient (Wildman–Crippen LogP) is 1.80. The first kappa shape index (κ1) is 12.7. The Labute approximate surface area is 83.0 Å². The van der Waals surface area contributed by atoms with Gasteiger partial charge in [0.2, 0.25) is 0 Å². The number of rotatable bonds is 7. The fourth-order valence-corrected chi connectivity index (χ4v) is 0.870. The van der Waals surface area contributed by atoms with E-state index in [-0.39, 0.29) is 6.42 Å². The van der Waals surface area contributed by atoms with Crippen molar-refractivity contribution in [3.63, 3.8) is 0 Å². The molecule has 0 aliphatic carbocycles. The summed E-state index contributed by atoms with van der Waals surface area (Å²) in [5.41, 5.74) is 0. The molecule has 0 amide bonds. The van der Waals surface area contributed by atoms with Crippen molar-refractivity contribution in [1.29, 1.82) is 0 Å². The largest absolute Gasteiger partial charge is 0.508 e. The molecule has 0 aromatic rings. The third-order valence-corrected chi connectivity index (χ3v) is 1.52. The molecule has 0 rings (SSSR count). The first-order valence-corrected chi connectivity index (χ1v) is 4.68. The van der Waals surface area contributed by atoms with Crippen LogP contribution in [0.15, 0.2) is 0 Å². The van der Waals surface area contributed by atoms with E-state index in [1.54, 1.807) is 6.92 Å². The van der Waals surface area contributed by atoms with Crippen molar-refractivity contribution < 1.29 is 24.2 Å². The maximum Gasteiger partial charge on any atom is 0.508 e. The topological polar surface area (TPSA) is 72.8 Å². The summed E-state index contributed by atoms with van der Waals surface area (Å²) >= 11 is 0. The lowest BCUT2D eigenvalue weighted by Gasteiger charge is -2.03. The van der Waals surface area contributed by atoms with Crippen LogP contribution in [0.25, 0.3) is 0 Å². The molecule has 1 N–H and O–H groups in total. The molecule has 0 bridgehead atoms. The molecule has 0 radical (unpaired) electrons. The molecule has 5 nitrogen and oxygen atoms in total. The van der Waals surface area contributed by atoms with Gasteiger partial charge in [-0.2, -0.15) is 0 Å². The van der Waals surface area contributed by atoms with Crippen molar-refractivity contribution >= 4 is 12.1 Å². The molecule has 0 saturated heterocycles. The third-order valence-electron chi connectivity index (χ3n) is 1.52. The van der Waals surface area contributed by atoms with Gasteiger partial charge in [0.25, 0.3) is 0 Å². The molecule has 0 unspecified atom stereocenters. The molecule has 82 valence electrons. The molecule has 0 heterocycles. The maximum atomic E-state index is 10.6. The first-order valence-electron chi connectivity index (χ1n) is 4.68. The lowest BCUT2D eigenvalue weighted by atomic mass is 10.2. The van der Waals surface area contributed by atoms with Crippen LogP contribution in [0.5, 0.6) is 0 Å².